The normalized spacial score (nSPS) is 18.8. The number of carbonyl (C=O) groups excluding carboxylic acids is 2. The monoisotopic (exact) mass is 490 g/mol. The van der Waals surface area contributed by atoms with Crippen LogP contribution in [0.3, 0.4) is 0 Å². The summed E-state index contributed by atoms with van der Waals surface area (Å²) in [5, 5.41) is 2.89. The number of methoxy groups -OCH3 is 1. The number of hydrogen-bond acceptors (Lipinski definition) is 5. The van der Waals surface area contributed by atoms with Gasteiger partial charge in [0.05, 0.1) is 31.5 Å². The number of furan rings is 1. The molecule has 7 nitrogen and oxygen atoms in total. The Labute approximate surface area is 208 Å². The van der Waals surface area contributed by atoms with Crippen LogP contribution >= 0.6 is 0 Å². The molecule has 1 saturated heterocycles. The standard InChI is InChI=1S/C28H27FN2O5/c1-34-27(32)26-23(22-11-9-19(29)14-25(22)36-17-18-6-3-2-4-7-18)15-20-10-12-24(26)31(20)28(33)30-16-21-8-5-13-35-21/h2-9,11,13-14,20,24H,10,12,15-17H2,1H3,(H,30,33). The highest BCUT2D eigenvalue weighted by Crippen LogP contribution is 2.45. The van der Waals surface area contributed by atoms with E-state index in [1.165, 1.54) is 19.2 Å². The minimum Gasteiger partial charge on any atom is -0.488 e. The maximum Gasteiger partial charge on any atom is 0.336 e. The SMILES string of the molecule is COC(=O)C1=C(c2ccc(F)cc2OCc2ccccc2)CC2CCC1N2C(=O)NCc1ccco1. The van der Waals surface area contributed by atoms with Crippen LogP contribution in [0.1, 0.15) is 36.1 Å². The number of nitrogens with zero attached hydrogens (tertiary/aromatic N) is 1. The predicted octanol–water partition coefficient (Wildman–Crippen LogP) is 5.07. The molecule has 8 heteroatoms. The van der Waals surface area contributed by atoms with Gasteiger partial charge in [0.2, 0.25) is 0 Å². The number of rotatable bonds is 7. The quantitative estimate of drug-likeness (QED) is 0.468. The number of nitrogens with one attached hydrogen (secondary N) is 1. The molecule has 3 heterocycles. The molecule has 1 fully saturated rings. The molecule has 2 unspecified atom stereocenters. The van der Waals surface area contributed by atoms with Crippen molar-refractivity contribution in [2.45, 2.75) is 44.5 Å². The molecular formula is C28H27FN2O5. The lowest BCUT2D eigenvalue weighted by molar-refractivity contribution is -0.136. The Bertz CT molecular complexity index is 1270. The maximum atomic E-state index is 14.2. The summed E-state index contributed by atoms with van der Waals surface area (Å²) >= 11 is 0. The van der Waals surface area contributed by atoms with E-state index in [4.69, 9.17) is 13.9 Å². The van der Waals surface area contributed by atoms with Crippen LogP contribution in [-0.4, -0.2) is 36.1 Å². The fourth-order valence-corrected chi connectivity index (χ4v) is 5.11. The second-order valence-electron chi connectivity index (χ2n) is 8.90. The molecule has 2 aromatic carbocycles. The van der Waals surface area contributed by atoms with E-state index in [1.54, 1.807) is 29.4 Å². The number of ether oxygens (including phenoxy) is 2. The van der Waals surface area contributed by atoms with E-state index in [0.717, 1.165) is 17.6 Å². The Morgan fingerprint density at radius 2 is 1.94 bits per heavy atom. The van der Waals surface area contributed by atoms with Crippen molar-refractivity contribution >= 4 is 17.6 Å². The zero-order chi connectivity index (χ0) is 25.1. The first-order valence-corrected chi connectivity index (χ1v) is 11.9. The molecule has 2 aliphatic rings. The van der Waals surface area contributed by atoms with E-state index in [1.807, 2.05) is 30.3 Å². The van der Waals surface area contributed by atoms with Crippen molar-refractivity contribution in [2.75, 3.05) is 7.11 Å². The van der Waals surface area contributed by atoms with Gasteiger partial charge in [-0.05, 0) is 54.7 Å². The lowest BCUT2D eigenvalue weighted by Crippen LogP contribution is -2.50. The zero-order valence-corrected chi connectivity index (χ0v) is 19.9. The summed E-state index contributed by atoms with van der Waals surface area (Å²) in [5.41, 5.74) is 2.72. The summed E-state index contributed by atoms with van der Waals surface area (Å²) in [6, 6.07) is 16.7. The molecule has 1 N–H and O–H groups in total. The summed E-state index contributed by atoms with van der Waals surface area (Å²) < 4.78 is 30.7. The van der Waals surface area contributed by atoms with Crippen molar-refractivity contribution in [1.82, 2.24) is 10.2 Å². The van der Waals surface area contributed by atoms with Gasteiger partial charge in [-0.3, -0.25) is 0 Å². The van der Waals surface area contributed by atoms with Gasteiger partial charge in [0.1, 0.15) is 23.9 Å². The van der Waals surface area contributed by atoms with Crippen LogP contribution in [-0.2, 0) is 22.7 Å². The van der Waals surface area contributed by atoms with Gasteiger partial charge >= 0.3 is 12.0 Å². The number of esters is 1. The number of amides is 2. The lowest BCUT2D eigenvalue weighted by atomic mass is 9.88. The third-order valence-electron chi connectivity index (χ3n) is 6.74. The Morgan fingerprint density at radius 1 is 1.11 bits per heavy atom. The second kappa shape index (κ2) is 10.3. The topological polar surface area (TPSA) is 81.0 Å². The fraction of sp³-hybridized carbons (Fsp3) is 0.286. The van der Waals surface area contributed by atoms with Gasteiger partial charge in [-0.25, -0.2) is 14.0 Å². The van der Waals surface area contributed by atoms with Crippen molar-refractivity contribution < 1.29 is 27.9 Å². The number of halogens is 1. The van der Waals surface area contributed by atoms with Crippen molar-refractivity contribution in [3.05, 3.63) is 95.2 Å². The number of urea groups is 1. The molecule has 2 bridgehead atoms. The Kier molecular flexibility index (Phi) is 6.75. The van der Waals surface area contributed by atoms with Crippen LogP contribution in [0.4, 0.5) is 9.18 Å². The number of benzene rings is 2. The minimum absolute atomic E-state index is 0.109. The molecule has 186 valence electrons. The molecule has 0 spiro atoms. The van der Waals surface area contributed by atoms with E-state index in [0.29, 0.717) is 35.5 Å². The van der Waals surface area contributed by atoms with Crippen molar-refractivity contribution in [3.8, 4) is 5.75 Å². The Balaban J connectivity index is 1.46. The second-order valence-corrected chi connectivity index (χ2v) is 8.90. The minimum atomic E-state index is -0.502. The molecule has 3 aromatic rings. The van der Waals surface area contributed by atoms with Gasteiger partial charge < -0.3 is 24.1 Å². The highest BCUT2D eigenvalue weighted by molar-refractivity contribution is 6.01. The summed E-state index contributed by atoms with van der Waals surface area (Å²) in [4.78, 5) is 27.9. The molecule has 0 radical (unpaired) electrons. The Morgan fingerprint density at radius 3 is 2.69 bits per heavy atom. The molecule has 2 amide bonds. The highest BCUT2D eigenvalue weighted by atomic mass is 19.1. The van der Waals surface area contributed by atoms with Gasteiger partial charge in [0, 0.05) is 17.7 Å². The molecule has 0 saturated carbocycles. The van der Waals surface area contributed by atoms with Crippen LogP contribution in [0.5, 0.6) is 5.75 Å². The molecular weight excluding hydrogens is 463 g/mol. The first kappa shape index (κ1) is 23.7. The van der Waals surface area contributed by atoms with Crippen LogP contribution in [0.15, 0.2) is 76.9 Å². The Hall–Kier alpha value is -4.07. The summed E-state index contributed by atoms with van der Waals surface area (Å²) in [7, 11) is 1.33. The van der Waals surface area contributed by atoms with Crippen LogP contribution in [0.2, 0.25) is 0 Å². The molecule has 0 aliphatic carbocycles. The molecule has 2 atom stereocenters. The van der Waals surface area contributed by atoms with Gasteiger partial charge in [-0.2, -0.15) is 0 Å². The summed E-state index contributed by atoms with van der Waals surface area (Å²) in [5.74, 6) is 0.0614. The van der Waals surface area contributed by atoms with Gasteiger partial charge in [0.25, 0.3) is 0 Å². The van der Waals surface area contributed by atoms with E-state index in [2.05, 4.69) is 5.32 Å². The summed E-state index contributed by atoms with van der Waals surface area (Å²) in [6.07, 6.45) is 3.36. The van der Waals surface area contributed by atoms with Crippen molar-refractivity contribution in [1.29, 1.82) is 0 Å². The van der Waals surface area contributed by atoms with E-state index in [9.17, 15) is 14.0 Å². The number of fused-ring (bicyclic) bond motifs is 2. The first-order chi connectivity index (χ1) is 17.5. The van der Waals surface area contributed by atoms with E-state index >= 15 is 0 Å². The number of hydrogen-bond donors (Lipinski definition) is 1. The molecule has 2 aliphatic heterocycles. The van der Waals surface area contributed by atoms with Crippen LogP contribution < -0.4 is 10.1 Å². The van der Waals surface area contributed by atoms with E-state index < -0.39 is 17.8 Å². The van der Waals surface area contributed by atoms with Crippen molar-refractivity contribution in [2.24, 2.45) is 0 Å². The largest absolute Gasteiger partial charge is 0.488 e. The highest BCUT2D eigenvalue weighted by Gasteiger charge is 2.47. The average molecular weight is 491 g/mol. The van der Waals surface area contributed by atoms with Gasteiger partial charge in [0.15, 0.2) is 0 Å². The molecule has 5 rings (SSSR count). The smallest absolute Gasteiger partial charge is 0.336 e. The maximum absolute atomic E-state index is 14.2. The number of carbonyl (C=O) groups is 2. The van der Waals surface area contributed by atoms with Crippen molar-refractivity contribution in [3.63, 3.8) is 0 Å². The molecule has 1 aromatic heterocycles. The third-order valence-corrected chi connectivity index (χ3v) is 6.74. The fourth-order valence-electron chi connectivity index (χ4n) is 5.11. The lowest BCUT2D eigenvalue weighted by Gasteiger charge is -2.37. The average Bonchev–Trinajstić information content (AvgIpc) is 3.53. The first-order valence-electron chi connectivity index (χ1n) is 11.9. The zero-order valence-electron chi connectivity index (χ0n) is 19.9. The third kappa shape index (κ3) is 4.71. The van der Waals surface area contributed by atoms with E-state index in [-0.39, 0.29) is 25.2 Å². The van der Waals surface area contributed by atoms with Crippen LogP contribution in [0, 0.1) is 5.82 Å². The molecule has 36 heavy (non-hydrogen) atoms. The summed E-state index contributed by atoms with van der Waals surface area (Å²) in [6.45, 7) is 0.508. The van der Waals surface area contributed by atoms with Crippen LogP contribution in [0.25, 0.3) is 5.57 Å². The van der Waals surface area contributed by atoms with Gasteiger partial charge in [-0.15, -0.1) is 0 Å². The van der Waals surface area contributed by atoms with Gasteiger partial charge in [-0.1, -0.05) is 30.3 Å². The predicted molar refractivity (Wildman–Crippen MR) is 130 cm³/mol.